The number of rotatable bonds is 2. The maximum Gasteiger partial charge on any atom is 0.137 e. The molecule has 5 nitrogen and oxygen atoms in total. The molecule has 5 heteroatoms. The van der Waals surface area contributed by atoms with Crippen LogP contribution in [0.4, 0.5) is 0 Å². The third-order valence-corrected chi connectivity index (χ3v) is 3.86. The molecule has 4 rings (SSSR count). The zero-order chi connectivity index (χ0) is 13.4. The van der Waals surface area contributed by atoms with E-state index < -0.39 is 0 Å². The molecule has 0 radical (unpaired) electrons. The molecule has 0 atom stereocenters. The number of nitrogens with one attached hydrogen (secondary N) is 1. The molecule has 3 heterocycles. The van der Waals surface area contributed by atoms with Crippen molar-refractivity contribution in [3.05, 3.63) is 47.7 Å². The lowest BCUT2D eigenvalue weighted by atomic mass is 10.1. The van der Waals surface area contributed by atoms with Crippen LogP contribution in [0.3, 0.4) is 0 Å². The van der Waals surface area contributed by atoms with E-state index in [1.54, 1.807) is 0 Å². The van der Waals surface area contributed by atoms with Gasteiger partial charge in [0.1, 0.15) is 11.6 Å². The minimum absolute atomic E-state index is 0.741. The Hall–Kier alpha value is -2.14. The fourth-order valence-corrected chi connectivity index (χ4v) is 2.82. The average Bonchev–Trinajstić information content (AvgIpc) is 2.97. The molecule has 1 aromatic carbocycles. The molecule has 0 unspecified atom stereocenters. The minimum Gasteiger partial charge on any atom is -0.379 e. The maximum atomic E-state index is 5.50. The monoisotopic (exact) mass is 268 g/mol. The van der Waals surface area contributed by atoms with Crippen molar-refractivity contribution < 1.29 is 4.74 Å². The molecule has 3 aromatic rings. The quantitative estimate of drug-likeness (QED) is 0.772. The molecule has 1 aliphatic rings. The molecule has 0 spiro atoms. The van der Waals surface area contributed by atoms with Crippen molar-refractivity contribution in [2.24, 2.45) is 0 Å². The van der Waals surface area contributed by atoms with Crippen molar-refractivity contribution >= 4 is 10.9 Å². The Kier molecular flexibility index (Phi) is 2.77. The van der Waals surface area contributed by atoms with Gasteiger partial charge >= 0.3 is 0 Å². The first-order valence-corrected chi connectivity index (χ1v) is 6.95. The molecule has 1 aliphatic heterocycles. The van der Waals surface area contributed by atoms with E-state index in [9.17, 15) is 0 Å². The molecule has 20 heavy (non-hydrogen) atoms. The largest absolute Gasteiger partial charge is 0.379 e. The van der Waals surface area contributed by atoms with Crippen molar-refractivity contribution in [1.82, 2.24) is 19.7 Å². The van der Waals surface area contributed by atoms with Gasteiger partial charge in [-0.1, -0.05) is 18.2 Å². The predicted octanol–water partition coefficient (Wildman–Crippen LogP) is 1.92. The Labute approximate surface area is 116 Å². The molecule has 0 saturated heterocycles. The molecular weight excluding hydrogens is 252 g/mol. The molecule has 0 aliphatic carbocycles. The molecule has 102 valence electrons. The van der Waals surface area contributed by atoms with Gasteiger partial charge in [-0.2, -0.15) is 0 Å². The van der Waals surface area contributed by atoms with Gasteiger partial charge in [0.2, 0.25) is 0 Å². The molecule has 0 fully saturated rings. The van der Waals surface area contributed by atoms with Gasteiger partial charge in [-0.15, -0.1) is 10.2 Å². The van der Waals surface area contributed by atoms with Crippen LogP contribution < -0.4 is 0 Å². The number of ether oxygens (including phenoxy) is 1. The Bertz CT molecular complexity index is 743. The van der Waals surface area contributed by atoms with E-state index in [4.69, 9.17) is 4.74 Å². The van der Waals surface area contributed by atoms with E-state index in [0.29, 0.717) is 0 Å². The number of nitrogens with zero attached hydrogens (tertiary/aromatic N) is 3. The first-order valence-electron chi connectivity index (χ1n) is 6.95. The SMILES string of the molecule is c1ccc2c(Cc3nnc4n3CCOCC4)c[nH]c2c1. The van der Waals surface area contributed by atoms with E-state index in [2.05, 4.69) is 44.1 Å². The highest BCUT2D eigenvalue weighted by molar-refractivity contribution is 5.83. The van der Waals surface area contributed by atoms with Gasteiger partial charge in [0, 0.05) is 36.5 Å². The highest BCUT2D eigenvalue weighted by Gasteiger charge is 2.16. The van der Waals surface area contributed by atoms with Crippen molar-refractivity contribution in [2.45, 2.75) is 19.4 Å². The van der Waals surface area contributed by atoms with Crippen molar-refractivity contribution in [3.8, 4) is 0 Å². The molecule has 0 bridgehead atoms. The van der Waals surface area contributed by atoms with Crippen LogP contribution in [-0.2, 0) is 24.1 Å². The molecule has 0 amide bonds. The normalized spacial score (nSPS) is 15.2. The van der Waals surface area contributed by atoms with Crippen LogP contribution in [0, 0.1) is 0 Å². The van der Waals surface area contributed by atoms with Crippen molar-refractivity contribution in [1.29, 1.82) is 0 Å². The van der Waals surface area contributed by atoms with E-state index in [1.807, 2.05) is 6.07 Å². The van der Waals surface area contributed by atoms with Crippen LogP contribution in [0.25, 0.3) is 10.9 Å². The Morgan fingerprint density at radius 1 is 1.20 bits per heavy atom. The van der Waals surface area contributed by atoms with Gasteiger partial charge in [0.15, 0.2) is 0 Å². The Morgan fingerprint density at radius 2 is 2.15 bits per heavy atom. The van der Waals surface area contributed by atoms with Gasteiger partial charge in [-0.05, 0) is 11.6 Å². The second kappa shape index (κ2) is 4.76. The number of benzene rings is 1. The van der Waals surface area contributed by atoms with Crippen molar-refractivity contribution in [2.75, 3.05) is 13.2 Å². The lowest BCUT2D eigenvalue weighted by Gasteiger charge is -2.05. The number of fused-ring (bicyclic) bond motifs is 2. The van der Waals surface area contributed by atoms with Crippen LogP contribution in [0.2, 0.25) is 0 Å². The van der Waals surface area contributed by atoms with E-state index in [-0.39, 0.29) is 0 Å². The lowest BCUT2D eigenvalue weighted by Crippen LogP contribution is -2.08. The fourth-order valence-electron chi connectivity index (χ4n) is 2.82. The fraction of sp³-hybridized carbons (Fsp3) is 0.333. The van der Waals surface area contributed by atoms with Gasteiger partial charge < -0.3 is 14.3 Å². The highest BCUT2D eigenvalue weighted by Crippen LogP contribution is 2.21. The zero-order valence-electron chi connectivity index (χ0n) is 11.2. The summed E-state index contributed by atoms with van der Waals surface area (Å²) in [7, 11) is 0. The summed E-state index contributed by atoms with van der Waals surface area (Å²) >= 11 is 0. The van der Waals surface area contributed by atoms with Crippen LogP contribution in [0.5, 0.6) is 0 Å². The topological polar surface area (TPSA) is 55.7 Å². The number of H-pyrrole nitrogens is 1. The summed E-state index contributed by atoms with van der Waals surface area (Å²) in [6.45, 7) is 2.33. The number of para-hydroxylation sites is 1. The summed E-state index contributed by atoms with van der Waals surface area (Å²) < 4.78 is 7.70. The van der Waals surface area contributed by atoms with Crippen LogP contribution in [0.15, 0.2) is 30.5 Å². The van der Waals surface area contributed by atoms with E-state index in [0.717, 1.165) is 44.2 Å². The summed E-state index contributed by atoms with van der Waals surface area (Å²) in [5.41, 5.74) is 2.43. The molecule has 2 aromatic heterocycles. The summed E-state index contributed by atoms with van der Waals surface area (Å²) in [5, 5.41) is 9.92. The minimum atomic E-state index is 0.741. The summed E-state index contributed by atoms with van der Waals surface area (Å²) in [6.07, 6.45) is 3.72. The van der Waals surface area contributed by atoms with Gasteiger partial charge in [0.25, 0.3) is 0 Å². The van der Waals surface area contributed by atoms with Crippen LogP contribution in [-0.4, -0.2) is 33.0 Å². The first kappa shape index (κ1) is 11.7. The number of aromatic amines is 1. The maximum absolute atomic E-state index is 5.50. The molecule has 0 saturated carbocycles. The standard InChI is InChI=1S/C15H16N4O/c1-2-4-13-12(3-1)11(10-16-13)9-15-18-17-14-5-7-20-8-6-19(14)15/h1-4,10,16H,5-9H2. The third kappa shape index (κ3) is 1.91. The zero-order valence-corrected chi connectivity index (χ0v) is 11.2. The van der Waals surface area contributed by atoms with E-state index in [1.165, 1.54) is 16.5 Å². The predicted molar refractivity (Wildman–Crippen MR) is 75.6 cm³/mol. The van der Waals surface area contributed by atoms with Crippen LogP contribution >= 0.6 is 0 Å². The lowest BCUT2D eigenvalue weighted by molar-refractivity contribution is 0.139. The number of hydrogen-bond acceptors (Lipinski definition) is 3. The second-order valence-electron chi connectivity index (χ2n) is 5.08. The average molecular weight is 268 g/mol. The number of hydrogen-bond donors (Lipinski definition) is 1. The van der Waals surface area contributed by atoms with E-state index >= 15 is 0 Å². The molecular formula is C15H16N4O. The second-order valence-corrected chi connectivity index (χ2v) is 5.08. The Morgan fingerprint density at radius 3 is 3.15 bits per heavy atom. The summed E-state index contributed by atoms with van der Waals surface area (Å²) in [4.78, 5) is 3.31. The van der Waals surface area contributed by atoms with Gasteiger partial charge in [0.05, 0.1) is 13.2 Å². The summed E-state index contributed by atoms with van der Waals surface area (Å²) in [5.74, 6) is 2.06. The first-order chi connectivity index (χ1) is 9.92. The van der Waals surface area contributed by atoms with Gasteiger partial charge in [-0.25, -0.2) is 0 Å². The Balaban J connectivity index is 1.71. The third-order valence-electron chi connectivity index (χ3n) is 3.86. The summed E-state index contributed by atoms with van der Waals surface area (Å²) in [6, 6.07) is 8.35. The molecule has 1 N–H and O–H groups in total. The highest BCUT2D eigenvalue weighted by atomic mass is 16.5. The van der Waals surface area contributed by atoms with Crippen molar-refractivity contribution in [3.63, 3.8) is 0 Å². The van der Waals surface area contributed by atoms with Gasteiger partial charge in [-0.3, -0.25) is 0 Å². The van der Waals surface area contributed by atoms with Crippen LogP contribution in [0.1, 0.15) is 17.2 Å². The smallest absolute Gasteiger partial charge is 0.137 e. The number of aromatic nitrogens is 4.